The van der Waals surface area contributed by atoms with Gasteiger partial charge in [-0.15, -0.1) is 22.9 Å². The summed E-state index contributed by atoms with van der Waals surface area (Å²) in [6, 6.07) is 17.5. The monoisotopic (exact) mass is 298 g/mol. The average Bonchev–Trinajstić information content (AvgIpc) is 3.11. The fourth-order valence-corrected chi connectivity index (χ4v) is 4.44. The number of halogens is 1. The van der Waals surface area contributed by atoms with Crippen LogP contribution in [0.5, 0.6) is 0 Å². The third-order valence-corrected chi connectivity index (χ3v) is 5.91. The fourth-order valence-electron chi connectivity index (χ4n) is 3.04. The highest BCUT2D eigenvalue weighted by atomic mass is 35.5. The predicted molar refractivity (Wildman–Crippen MR) is 88.0 cm³/mol. The first-order valence-corrected chi connectivity index (χ1v) is 8.31. The van der Waals surface area contributed by atoms with Crippen LogP contribution in [0.4, 0.5) is 0 Å². The van der Waals surface area contributed by atoms with Crippen molar-refractivity contribution in [2.24, 2.45) is 0 Å². The number of fused-ring (bicyclic) bond motifs is 2. The van der Waals surface area contributed by atoms with E-state index in [9.17, 15) is 0 Å². The van der Waals surface area contributed by atoms with Gasteiger partial charge in [0.1, 0.15) is 0 Å². The number of rotatable bonds is 2. The Labute approximate surface area is 128 Å². The molecule has 20 heavy (non-hydrogen) atoms. The van der Waals surface area contributed by atoms with E-state index in [4.69, 9.17) is 11.6 Å². The summed E-state index contributed by atoms with van der Waals surface area (Å²) in [5, 5.41) is 1.26. The van der Waals surface area contributed by atoms with E-state index in [1.54, 1.807) is 11.3 Å². The van der Waals surface area contributed by atoms with Gasteiger partial charge < -0.3 is 0 Å². The lowest BCUT2D eigenvalue weighted by Gasteiger charge is -2.09. The van der Waals surface area contributed by atoms with Crippen LogP contribution in [0, 0.1) is 0 Å². The molecular weight excluding hydrogens is 284 g/mol. The zero-order valence-electron chi connectivity index (χ0n) is 11.1. The minimum absolute atomic E-state index is 0.0294. The molecule has 0 saturated carbocycles. The van der Waals surface area contributed by atoms with Crippen molar-refractivity contribution in [3.8, 4) is 0 Å². The highest BCUT2D eigenvalue weighted by Gasteiger charge is 2.17. The normalized spacial score (nSPS) is 15.4. The second-order valence-corrected chi connectivity index (χ2v) is 6.98. The molecule has 0 amide bonds. The Balaban J connectivity index is 1.74. The minimum Gasteiger partial charge on any atom is -0.138 e. The smallest absolute Gasteiger partial charge is 0.0928 e. The van der Waals surface area contributed by atoms with E-state index < -0.39 is 0 Å². The molecule has 1 aliphatic carbocycles. The number of aryl methyl sites for hydroxylation is 2. The largest absolute Gasteiger partial charge is 0.138 e. The van der Waals surface area contributed by atoms with Crippen molar-refractivity contribution in [2.75, 3.05) is 0 Å². The Kier molecular flexibility index (Phi) is 3.05. The van der Waals surface area contributed by atoms with Crippen molar-refractivity contribution >= 4 is 33.0 Å². The summed E-state index contributed by atoms with van der Waals surface area (Å²) >= 11 is 8.52. The molecule has 1 aliphatic rings. The first kappa shape index (κ1) is 12.4. The maximum absolute atomic E-state index is 6.72. The van der Waals surface area contributed by atoms with Crippen LogP contribution < -0.4 is 0 Å². The van der Waals surface area contributed by atoms with E-state index >= 15 is 0 Å². The molecule has 0 N–H and O–H groups in total. The summed E-state index contributed by atoms with van der Waals surface area (Å²) < 4.78 is 1.31. The van der Waals surface area contributed by atoms with E-state index in [2.05, 4.69) is 48.5 Å². The molecule has 2 heteroatoms. The molecule has 1 aromatic heterocycles. The van der Waals surface area contributed by atoms with Crippen molar-refractivity contribution in [1.29, 1.82) is 0 Å². The highest BCUT2D eigenvalue weighted by molar-refractivity contribution is 7.19. The third kappa shape index (κ3) is 2.06. The highest BCUT2D eigenvalue weighted by Crippen LogP contribution is 2.38. The summed E-state index contributed by atoms with van der Waals surface area (Å²) in [6.07, 6.45) is 3.72. The molecule has 0 fully saturated rings. The molecular formula is C18H15ClS. The molecule has 0 aliphatic heterocycles. The molecule has 0 nitrogen and oxygen atoms in total. The summed E-state index contributed by atoms with van der Waals surface area (Å²) in [5.41, 5.74) is 4.24. The zero-order chi connectivity index (χ0) is 13.5. The van der Waals surface area contributed by atoms with Gasteiger partial charge in [0.05, 0.1) is 5.38 Å². The van der Waals surface area contributed by atoms with Crippen molar-refractivity contribution in [3.05, 3.63) is 70.1 Å². The van der Waals surface area contributed by atoms with Crippen molar-refractivity contribution < 1.29 is 0 Å². The van der Waals surface area contributed by atoms with Gasteiger partial charge in [-0.3, -0.25) is 0 Å². The quantitative estimate of drug-likeness (QED) is 0.531. The summed E-state index contributed by atoms with van der Waals surface area (Å²) in [5.74, 6) is 0. The molecule has 0 radical (unpaired) electrons. The number of benzene rings is 2. The Hall–Kier alpha value is -1.31. The second-order valence-electron chi connectivity index (χ2n) is 5.43. The third-order valence-electron chi connectivity index (χ3n) is 4.11. The summed E-state index contributed by atoms with van der Waals surface area (Å²) in [6.45, 7) is 0. The van der Waals surface area contributed by atoms with Gasteiger partial charge >= 0.3 is 0 Å². The average molecular weight is 299 g/mol. The van der Waals surface area contributed by atoms with Crippen LogP contribution in [0.15, 0.2) is 48.5 Å². The molecule has 1 atom stereocenters. The first-order chi connectivity index (χ1) is 9.81. The molecule has 0 bridgehead atoms. The molecule has 0 saturated heterocycles. The lowest BCUT2D eigenvalue weighted by atomic mass is 10.0. The molecule has 1 heterocycles. The van der Waals surface area contributed by atoms with E-state index in [0.29, 0.717) is 0 Å². The van der Waals surface area contributed by atoms with Gasteiger partial charge in [-0.2, -0.15) is 0 Å². The van der Waals surface area contributed by atoms with Crippen molar-refractivity contribution in [2.45, 2.75) is 24.6 Å². The predicted octanol–water partition coefficient (Wildman–Crippen LogP) is 5.72. The van der Waals surface area contributed by atoms with Crippen molar-refractivity contribution in [1.82, 2.24) is 0 Å². The number of alkyl halides is 1. The van der Waals surface area contributed by atoms with E-state index in [-0.39, 0.29) is 5.38 Å². The van der Waals surface area contributed by atoms with Crippen LogP contribution in [0.25, 0.3) is 10.1 Å². The summed E-state index contributed by atoms with van der Waals surface area (Å²) in [4.78, 5) is 1.24. The molecule has 4 rings (SSSR count). The SMILES string of the molecule is ClC(c1ccc2c(c1)CCC2)c1cc2ccccc2s1. The first-order valence-electron chi connectivity index (χ1n) is 7.05. The Bertz CT molecular complexity index is 739. The fraction of sp³-hybridized carbons (Fsp3) is 0.222. The van der Waals surface area contributed by atoms with E-state index in [1.807, 2.05) is 0 Å². The Morgan fingerprint density at radius 3 is 2.70 bits per heavy atom. The molecule has 2 aromatic carbocycles. The molecule has 3 aromatic rings. The zero-order valence-corrected chi connectivity index (χ0v) is 12.7. The van der Waals surface area contributed by atoms with Crippen LogP contribution in [0.1, 0.15) is 33.4 Å². The lowest BCUT2D eigenvalue weighted by Crippen LogP contribution is -1.92. The topological polar surface area (TPSA) is 0 Å². The number of hydrogen-bond donors (Lipinski definition) is 0. The van der Waals surface area contributed by atoms with Crippen LogP contribution >= 0.6 is 22.9 Å². The Morgan fingerprint density at radius 2 is 1.80 bits per heavy atom. The maximum Gasteiger partial charge on any atom is 0.0928 e. The summed E-state index contributed by atoms with van der Waals surface area (Å²) in [7, 11) is 0. The van der Waals surface area contributed by atoms with Crippen LogP contribution in [-0.2, 0) is 12.8 Å². The lowest BCUT2D eigenvalue weighted by molar-refractivity contribution is 0.911. The van der Waals surface area contributed by atoms with Crippen LogP contribution in [0.2, 0.25) is 0 Å². The van der Waals surface area contributed by atoms with Gasteiger partial charge in [-0.1, -0.05) is 36.4 Å². The Morgan fingerprint density at radius 1 is 0.950 bits per heavy atom. The van der Waals surface area contributed by atoms with E-state index in [1.165, 1.54) is 50.9 Å². The van der Waals surface area contributed by atoms with Gasteiger partial charge in [0.25, 0.3) is 0 Å². The molecule has 1 unspecified atom stereocenters. The van der Waals surface area contributed by atoms with Crippen LogP contribution in [0.3, 0.4) is 0 Å². The number of thiophene rings is 1. The second kappa shape index (κ2) is 4.91. The molecule has 100 valence electrons. The van der Waals surface area contributed by atoms with Crippen molar-refractivity contribution in [3.63, 3.8) is 0 Å². The van der Waals surface area contributed by atoms with Gasteiger partial charge in [0.2, 0.25) is 0 Å². The van der Waals surface area contributed by atoms with Crippen LogP contribution in [-0.4, -0.2) is 0 Å². The maximum atomic E-state index is 6.72. The van der Waals surface area contributed by atoms with E-state index in [0.717, 1.165) is 0 Å². The standard InChI is InChI=1S/C18H15ClS/c19-18(15-9-8-12-5-3-6-13(12)10-15)17-11-14-4-1-2-7-16(14)20-17/h1-2,4,7-11,18H,3,5-6H2. The van der Waals surface area contributed by atoms with Gasteiger partial charge in [0, 0.05) is 9.58 Å². The van der Waals surface area contributed by atoms with Gasteiger partial charge in [-0.05, 0) is 53.5 Å². The van der Waals surface area contributed by atoms with Gasteiger partial charge in [0.15, 0.2) is 0 Å². The van der Waals surface area contributed by atoms with Gasteiger partial charge in [-0.25, -0.2) is 0 Å². The molecule has 0 spiro atoms. The minimum atomic E-state index is -0.0294. The number of hydrogen-bond acceptors (Lipinski definition) is 1.